The zero-order valence-corrected chi connectivity index (χ0v) is 18.4. The summed E-state index contributed by atoms with van der Waals surface area (Å²) >= 11 is 3.30. The zero-order chi connectivity index (χ0) is 21.0. The molecule has 1 saturated carbocycles. The highest BCUT2D eigenvalue weighted by atomic mass is 79.9. The van der Waals surface area contributed by atoms with E-state index in [1.807, 2.05) is 22.8 Å². The molecule has 0 unspecified atom stereocenters. The van der Waals surface area contributed by atoms with Gasteiger partial charge in [0.15, 0.2) is 5.84 Å². The molecule has 8 nitrogen and oxygen atoms in total. The summed E-state index contributed by atoms with van der Waals surface area (Å²) in [7, 11) is -2.09. The van der Waals surface area contributed by atoms with Crippen LogP contribution in [-0.2, 0) is 10.0 Å². The molecular weight excluding hydrogens is 470 g/mol. The van der Waals surface area contributed by atoms with Crippen molar-refractivity contribution < 1.29 is 8.42 Å². The number of aromatic nitrogens is 2. The van der Waals surface area contributed by atoms with Gasteiger partial charge in [-0.05, 0) is 55.2 Å². The molecule has 0 amide bonds. The fraction of sp³-hybridized carbons (Fsp3) is 0.250. The quantitative estimate of drug-likeness (QED) is 0.452. The SMILES string of the molecule is CN(/N=C/c1ccc2[nH]c(=O)n(C3CCC3)c2c1)C1=NS(=O)(=O)c2cc(Br)ccc21. The molecule has 30 heavy (non-hydrogen) atoms. The average Bonchev–Trinajstić information content (AvgIpc) is 3.12. The lowest BCUT2D eigenvalue weighted by Crippen LogP contribution is -2.26. The van der Waals surface area contributed by atoms with Crippen LogP contribution in [0.25, 0.3) is 11.0 Å². The smallest absolute Gasteiger partial charge is 0.306 e. The van der Waals surface area contributed by atoms with Crippen molar-refractivity contribution in [3.8, 4) is 0 Å². The molecule has 1 aliphatic carbocycles. The van der Waals surface area contributed by atoms with Gasteiger partial charge >= 0.3 is 5.69 Å². The van der Waals surface area contributed by atoms with Crippen LogP contribution in [0.3, 0.4) is 0 Å². The summed E-state index contributed by atoms with van der Waals surface area (Å²) in [4.78, 5) is 15.4. The van der Waals surface area contributed by atoms with Gasteiger partial charge < -0.3 is 4.98 Å². The number of nitrogens with one attached hydrogen (secondary N) is 1. The Morgan fingerprint density at radius 2 is 2.07 bits per heavy atom. The summed E-state index contributed by atoms with van der Waals surface area (Å²) in [6.45, 7) is 0. The van der Waals surface area contributed by atoms with Crippen LogP contribution in [0.1, 0.15) is 36.4 Å². The van der Waals surface area contributed by atoms with Gasteiger partial charge in [-0.1, -0.05) is 22.0 Å². The second-order valence-electron chi connectivity index (χ2n) is 7.46. The predicted octanol–water partition coefficient (Wildman–Crippen LogP) is 3.23. The first-order chi connectivity index (χ1) is 14.3. The first-order valence-corrected chi connectivity index (χ1v) is 11.7. The maximum Gasteiger partial charge on any atom is 0.326 e. The largest absolute Gasteiger partial charge is 0.326 e. The fourth-order valence-corrected chi connectivity index (χ4v) is 5.54. The predicted molar refractivity (Wildman–Crippen MR) is 119 cm³/mol. The highest BCUT2D eigenvalue weighted by molar-refractivity contribution is 9.10. The topological polar surface area (TPSA) is 99.9 Å². The Morgan fingerprint density at radius 1 is 1.27 bits per heavy atom. The molecular formula is C20H18BrN5O3S. The Hall–Kier alpha value is -2.72. The normalized spacial score (nSPS) is 17.9. The van der Waals surface area contributed by atoms with Crippen LogP contribution in [0.2, 0.25) is 0 Å². The lowest BCUT2D eigenvalue weighted by atomic mass is 9.93. The third-order valence-corrected chi connectivity index (χ3v) is 7.34. The van der Waals surface area contributed by atoms with Gasteiger partial charge in [0.2, 0.25) is 0 Å². The number of imidazole rings is 1. The van der Waals surface area contributed by atoms with E-state index in [9.17, 15) is 13.2 Å². The number of sulfonamides is 1. The van der Waals surface area contributed by atoms with E-state index in [0.717, 1.165) is 35.9 Å². The third-order valence-electron chi connectivity index (χ3n) is 5.54. The van der Waals surface area contributed by atoms with E-state index >= 15 is 0 Å². The minimum absolute atomic E-state index is 0.0887. The first-order valence-electron chi connectivity index (χ1n) is 9.50. The average molecular weight is 488 g/mol. The van der Waals surface area contributed by atoms with E-state index in [0.29, 0.717) is 10.0 Å². The minimum Gasteiger partial charge on any atom is -0.306 e. The molecule has 2 aromatic carbocycles. The lowest BCUT2D eigenvalue weighted by molar-refractivity contribution is 0.314. The highest BCUT2D eigenvalue weighted by Gasteiger charge is 2.31. The van der Waals surface area contributed by atoms with Gasteiger partial charge in [-0.2, -0.15) is 13.5 Å². The standard InChI is InChI=1S/C20H18BrN5O3S/c1-25(19-15-7-6-13(21)10-18(15)30(28,29)24-19)22-11-12-5-8-16-17(9-12)26(20(27)23-16)14-3-2-4-14/h5-11,14H,2-4H2,1H3,(H,23,27)/b22-11+. The number of fused-ring (bicyclic) bond motifs is 2. The van der Waals surface area contributed by atoms with Crippen LogP contribution in [0.15, 0.2) is 60.1 Å². The van der Waals surface area contributed by atoms with Gasteiger partial charge in [-0.3, -0.25) is 4.57 Å². The van der Waals surface area contributed by atoms with Crippen LogP contribution in [0.4, 0.5) is 0 Å². The van der Waals surface area contributed by atoms with Crippen LogP contribution in [-0.4, -0.2) is 42.1 Å². The van der Waals surface area contributed by atoms with E-state index < -0.39 is 10.0 Å². The van der Waals surface area contributed by atoms with E-state index in [1.54, 1.807) is 25.4 Å². The van der Waals surface area contributed by atoms with Crippen molar-refractivity contribution in [3.63, 3.8) is 0 Å². The number of rotatable bonds is 3. The Balaban J connectivity index is 1.47. The summed E-state index contributed by atoms with van der Waals surface area (Å²) in [5.41, 5.74) is 2.88. The Labute approximate surface area is 181 Å². The number of H-pyrrole nitrogens is 1. The first kappa shape index (κ1) is 19.3. The van der Waals surface area contributed by atoms with Gasteiger partial charge in [0.25, 0.3) is 10.0 Å². The number of hydrogen-bond acceptors (Lipinski definition) is 5. The second kappa shape index (κ2) is 6.92. The molecule has 2 heterocycles. The molecule has 0 radical (unpaired) electrons. The Kier molecular flexibility index (Phi) is 4.44. The van der Waals surface area contributed by atoms with Gasteiger partial charge in [-0.25, -0.2) is 9.80 Å². The van der Waals surface area contributed by atoms with Crippen molar-refractivity contribution >= 4 is 49.0 Å². The molecule has 1 aliphatic heterocycles. The summed E-state index contributed by atoms with van der Waals surface area (Å²) in [5.74, 6) is 0.267. The van der Waals surface area contributed by atoms with Crippen LogP contribution in [0.5, 0.6) is 0 Å². The van der Waals surface area contributed by atoms with Crippen LogP contribution < -0.4 is 5.69 Å². The molecule has 2 aliphatic rings. The number of hydrogen-bond donors (Lipinski definition) is 1. The molecule has 1 fully saturated rings. The number of nitrogens with zero attached hydrogens (tertiary/aromatic N) is 4. The van der Waals surface area contributed by atoms with E-state index in [1.165, 1.54) is 11.1 Å². The van der Waals surface area contributed by atoms with Crippen molar-refractivity contribution in [1.29, 1.82) is 0 Å². The number of halogens is 1. The molecule has 10 heteroatoms. The number of hydrazone groups is 1. The molecule has 1 aromatic heterocycles. The molecule has 1 N–H and O–H groups in total. The van der Waals surface area contributed by atoms with E-state index in [-0.39, 0.29) is 22.5 Å². The van der Waals surface area contributed by atoms with Crippen molar-refractivity contribution in [2.45, 2.75) is 30.2 Å². The van der Waals surface area contributed by atoms with Gasteiger partial charge in [-0.15, -0.1) is 4.40 Å². The van der Waals surface area contributed by atoms with Gasteiger partial charge in [0, 0.05) is 23.1 Å². The number of benzene rings is 2. The second-order valence-corrected chi connectivity index (χ2v) is 9.95. The van der Waals surface area contributed by atoms with E-state index in [2.05, 4.69) is 30.4 Å². The van der Waals surface area contributed by atoms with E-state index in [4.69, 9.17) is 0 Å². The monoisotopic (exact) mass is 487 g/mol. The van der Waals surface area contributed by atoms with Crippen molar-refractivity contribution in [1.82, 2.24) is 14.6 Å². The van der Waals surface area contributed by atoms with Crippen molar-refractivity contribution in [2.75, 3.05) is 7.05 Å². The molecule has 3 aromatic rings. The lowest BCUT2D eigenvalue weighted by Gasteiger charge is -2.26. The highest BCUT2D eigenvalue weighted by Crippen LogP contribution is 2.33. The molecule has 154 valence electrons. The molecule has 0 spiro atoms. The molecule has 0 saturated heterocycles. The maximum atomic E-state index is 12.4. The van der Waals surface area contributed by atoms with Crippen molar-refractivity contribution in [3.05, 3.63) is 62.5 Å². The summed E-state index contributed by atoms with van der Waals surface area (Å²) in [6, 6.07) is 10.9. The summed E-state index contributed by atoms with van der Waals surface area (Å²) in [6.07, 6.45) is 4.79. The zero-order valence-electron chi connectivity index (χ0n) is 16.0. The van der Waals surface area contributed by atoms with Gasteiger partial charge in [0.05, 0.1) is 17.2 Å². The van der Waals surface area contributed by atoms with Crippen LogP contribution in [0, 0.1) is 0 Å². The summed E-state index contributed by atoms with van der Waals surface area (Å²) < 4.78 is 31.1. The Bertz CT molecular complexity index is 1400. The third kappa shape index (κ3) is 3.10. The van der Waals surface area contributed by atoms with Crippen molar-refractivity contribution in [2.24, 2.45) is 9.50 Å². The maximum absolute atomic E-state index is 12.4. The molecule has 0 bridgehead atoms. The number of aromatic amines is 1. The Morgan fingerprint density at radius 3 is 2.80 bits per heavy atom. The molecule has 0 atom stereocenters. The summed E-state index contributed by atoms with van der Waals surface area (Å²) in [5, 5.41) is 5.83. The molecule has 5 rings (SSSR count). The minimum atomic E-state index is -3.74. The van der Waals surface area contributed by atoms with Gasteiger partial charge in [0.1, 0.15) is 4.90 Å². The fourth-order valence-electron chi connectivity index (χ4n) is 3.77. The van der Waals surface area contributed by atoms with Crippen LogP contribution >= 0.6 is 15.9 Å². The number of amidine groups is 1.